The molecule has 0 bridgehead atoms. The zero-order valence-corrected chi connectivity index (χ0v) is 19.9. The lowest BCUT2D eigenvalue weighted by molar-refractivity contribution is -0.148. The summed E-state index contributed by atoms with van der Waals surface area (Å²) in [6.45, 7) is 2.26. The minimum absolute atomic E-state index is 0.0923. The first kappa shape index (κ1) is 27.1. The summed E-state index contributed by atoms with van der Waals surface area (Å²) in [6.07, 6.45) is -4.62. The summed E-state index contributed by atoms with van der Waals surface area (Å²) in [7, 11) is 0. The molecule has 0 aliphatic rings. The summed E-state index contributed by atoms with van der Waals surface area (Å²) < 4.78 is 68.7. The maximum absolute atomic E-state index is 14.9. The number of alkyl halides is 5. The minimum atomic E-state index is -4.62. The number of aliphatic hydroxyl groups is 1. The number of rotatable bonds is 7. The Morgan fingerprint density at radius 1 is 0.944 bits per heavy atom. The lowest BCUT2D eigenvalue weighted by Crippen LogP contribution is -2.44. The molecule has 3 aromatic rings. The maximum Gasteiger partial charge on any atom is 0.416 e. The fourth-order valence-corrected chi connectivity index (χ4v) is 3.76. The molecule has 0 saturated heterocycles. The Morgan fingerprint density at radius 3 is 2.28 bits per heavy atom. The highest BCUT2D eigenvalue weighted by Crippen LogP contribution is 2.36. The first-order valence-electron chi connectivity index (χ1n) is 10.5. The van der Waals surface area contributed by atoms with Gasteiger partial charge in [-0.15, -0.1) is 0 Å². The van der Waals surface area contributed by atoms with Crippen molar-refractivity contribution in [3.05, 3.63) is 70.4 Å². The Kier molecular flexibility index (Phi) is 7.70. The van der Waals surface area contributed by atoms with Gasteiger partial charge in [-0.1, -0.05) is 18.2 Å². The van der Waals surface area contributed by atoms with Crippen LogP contribution < -0.4 is 16.0 Å². The number of nitrogens with one attached hydrogen (secondary N) is 3. The van der Waals surface area contributed by atoms with Gasteiger partial charge in [-0.25, -0.2) is 4.79 Å². The van der Waals surface area contributed by atoms with Crippen LogP contribution in [-0.2, 0) is 16.9 Å². The molecule has 0 atom stereocenters. The van der Waals surface area contributed by atoms with Crippen LogP contribution in [0.4, 0.5) is 38.1 Å². The van der Waals surface area contributed by atoms with Crippen molar-refractivity contribution in [2.24, 2.45) is 0 Å². The summed E-state index contributed by atoms with van der Waals surface area (Å²) in [5.74, 6) is -5.65. The van der Waals surface area contributed by atoms with Crippen molar-refractivity contribution in [1.82, 2.24) is 5.32 Å². The number of carbonyl (C=O) groups is 2. The Hall–Kier alpha value is -3.51. The molecule has 1 aromatic heterocycles. The summed E-state index contributed by atoms with van der Waals surface area (Å²) in [6, 6.07) is 7.89. The summed E-state index contributed by atoms with van der Waals surface area (Å²) in [4.78, 5) is 24.7. The first-order valence-corrected chi connectivity index (χ1v) is 11.4. The average Bonchev–Trinajstić information content (AvgIpc) is 3.31. The van der Waals surface area contributed by atoms with Gasteiger partial charge in [-0.05, 0) is 60.5 Å². The lowest BCUT2D eigenvalue weighted by Gasteiger charge is -2.22. The van der Waals surface area contributed by atoms with E-state index in [0.717, 1.165) is 30.3 Å². The summed E-state index contributed by atoms with van der Waals surface area (Å²) >= 11 is 1.32. The Bertz CT molecular complexity index is 1240. The van der Waals surface area contributed by atoms with Crippen LogP contribution in [0, 0.1) is 0 Å². The van der Waals surface area contributed by atoms with E-state index in [1.807, 2.05) is 5.32 Å². The van der Waals surface area contributed by atoms with Crippen molar-refractivity contribution in [3.63, 3.8) is 0 Å². The van der Waals surface area contributed by atoms with Gasteiger partial charge in [0.25, 0.3) is 5.91 Å². The van der Waals surface area contributed by atoms with E-state index in [4.69, 9.17) is 0 Å². The zero-order valence-electron chi connectivity index (χ0n) is 19.0. The molecular weight excluding hydrogens is 505 g/mol. The smallest absolute Gasteiger partial charge is 0.389 e. The monoisotopic (exact) mass is 527 g/mol. The van der Waals surface area contributed by atoms with Crippen LogP contribution in [0.5, 0.6) is 0 Å². The van der Waals surface area contributed by atoms with Crippen LogP contribution >= 0.6 is 11.3 Å². The molecule has 0 fully saturated rings. The summed E-state index contributed by atoms with van der Waals surface area (Å²) in [5, 5.41) is 19.8. The Labute approximate surface area is 207 Å². The number of hydrogen-bond donors (Lipinski definition) is 4. The predicted octanol–water partition coefficient (Wildman–Crippen LogP) is 6.06. The van der Waals surface area contributed by atoms with Gasteiger partial charge < -0.3 is 21.1 Å². The van der Waals surface area contributed by atoms with E-state index in [2.05, 4.69) is 10.6 Å². The quantitative estimate of drug-likeness (QED) is 0.282. The molecular formula is C24H22F5N3O3S. The van der Waals surface area contributed by atoms with E-state index in [0.29, 0.717) is 11.1 Å². The predicted molar refractivity (Wildman–Crippen MR) is 127 cm³/mol. The van der Waals surface area contributed by atoms with Crippen LogP contribution in [0.3, 0.4) is 0 Å². The van der Waals surface area contributed by atoms with E-state index < -0.39 is 47.3 Å². The summed E-state index contributed by atoms with van der Waals surface area (Å²) in [5.41, 5.74) is -2.43. The van der Waals surface area contributed by atoms with Crippen LogP contribution in [0.25, 0.3) is 11.1 Å². The van der Waals surface area contributed by atoms with Gasteiger partial charge in [-0.3, -0.25) is 4.79 Å². The molecule has 3 amide bonds. The number of anilines is 2. The molecule has 4 N–H and O–H groups in total. The van der Waals surface area contributed by atoms with Crippen molar-refractivity contribution in [1.29, 1.82) is 0 Å². The molecule has 0 unspecified atom stereocenters. The number of urea groups is 1. The molecule has 2 aromatic carbocycles. The Morgan fingerprint density at radius 2 is 1.67 bits per heavy atom. The molecule has 0 saturated carbocycles. The van der Waals surface area contributed by atoms with E-state index in [1.165, 1.54) is 37.3 Å². The third-order valence-corrected chi connectivity index (χ3v) is 5.56. The van der Waals surface area contributed by atoms with Gasteiger partial charge in [0.05, 0.1) is 16.9 Å². The highest BCUT2D eigenvalue weighted by molar-refractivity contribution is 7.08. The number of thiophene rings is 1. The van der Waals surface area contributed by atoms with Gasteiger partial charge in [0.15, 0.2) is 0 Å². The standard InChI is InChI=1S/C24H22F5N3O3S/c1-22(2,35)13-30-20(33)23(25,26)15-6-7-18(14-8-9-36-12-14)19(11-15)32-21(34)31-17-5-3-4-16(10-17)24(27,28)29/h3-12,35H,13H2,1-2H3,(H,30,33)(H2,31,32,34). The van der Waals surface area contributed by atoms with E-state index in [9.17, 15) is 36.6 Å². The topological polar surface area (TPSA) is 90.5 Å². The highest BCUT2D eigenvalue weighted by atomic mass is 32.1. The molecule has 0 aliphatic carbocycles. The molecule has 6 nitrogen and oxygen atoms in total. The first-order chi connectivity index (χ1) is 16.7. The fourth-order valence-electron chi connectivity index (χ4n) is 3.11. The Balaban J connectivity index is 1.89. The van der Waals surface area contributed by atoms with Gasteiger partial charge >= 0.3 is 18.1 Å². The lowest BCUT2D eigenvalue weighted by atomic mass is 10.00. The van der Waals surface area contributed by atoms with E-state index >= 15 is 0 Å². The van der Waals surface area contributed by atoms with Crippen molar-refractivity contribution in [2.45, 2.75) is 31.5 Å². The third kappa shape index (κ3) is 6.79. The van der Waals surface area contributed by atoms with Crippen LogP contribution in [0.2, 0.25) is 0 Å². The SMILES string of the molecule is CC(C)(O)CNC(=O)C(F)(F)c1ccc(-c2ccsc2)c(NC(=O)Nc2cccc(C(F)(F)F)c2)c1. The zero-order chi connectivity index (χ0) is 26.7. The van der Waals surface area contributed by atoms with Gasteiger partial charge in [0.1, 0.15) is 0 Å². The van der Waals surface area contributed by atoms with Crippen molar-refractivity contribution in [2.75, 3.05) is 17.2 Å². The maximum atomic E-state index is 14.9. The number of carbonyl (C=O) groups excluding carboxylic acids is 2. The van der Waals surface area contributed by atoms with Gasteiger partial charge in [-0.2, -0.15) is 33.3 Å². The molecule has 36 heavy (non-hydrogen) atoms. The van der Waals surface area contributed by atoms with Gasteiger partial charge in [0, 0.05) is 23.4 Å². The van der Waals surface area contributed by atoms with E-state index in [1.54, 1.807) is 16.8 Å². The van der Waals surface area contributed by atoms with E-state index in [-0.39, 0.29) is 11.4 Å². The molecule has 1 heterocycles. The molecule has 0 spiro atoms. The number of benzene rings is 2. The van der Waals surface area contributed by atoms with Gasteiger partial charge in [0.2, 0.25) is 0 Å². The minimum Gasteiger partial charge on any atom is -0.389 e. The number of hydrogen-bond acceptors (Lipinski definition) is 4. The van der Waals surface area contributed by atoms with Crippen molar-refractivity contribution < 1.29 is 36.6 Å². The second kappa shape index (κ2) is 10.2. The molecule has 3 rings (SSSR count). The molecule has 0 radical (unpaired) electrons. The van der Waals surface area contributed by atoms with Crippen LogP contribution in [0.1, 0.15) is 25.0 Å². The fraction of sp³-hybridized carbons (Fsp3) is 0.250. The normalized spacial score (nSPS) is 12.2. The van der Waals surface area contributed by atoms with Crippen molar-refractivity contribution in [3.8, 4) is 11.1 Å². The molecule has 192 valence electrons. The second-order valence-electron chi connectivity index (χ2n) is 8.50. The number of amides is 3. The highest BCUT2D eigenvalue weighted by Gasteiger charge is 2.41. The number of halogens is 5. The van der Waals surface area contributed by atoms with Crippen molar-refractivity contribution >= 4 is 34.6 Å². The average molecular weight is 528 g/mol. The largest absolute Gasteiger partial charge is 0.416 e. The molecule has 0 aliphatic heterocycles. The second-order valence-corrected chi connectivity index (χ2v) is 9.28. The van der Waals surface area contributed by atoms with Crippen LogP contribution in [-0.4, -0.2) is 29.2 Å². The third-order valence-electron chi connectivity index (χ3n) is 4.88. The molecule has 12 heteroatoms. The van der Waals surface area contributed by atoms with Crippen LogP contribution in [0.15, 0.2) is 59.3 Å².